The fraction of sp³-hybridized carbons (Fsp3) is 0.238. The van der Waals surface area contributed by atoms with Crippen LogP contribution in [0.1, 0.15) is 17.4 Å². The number of ether oxygens (including phenoxy) is 3. The van der Waals surface area contributed by atoms with E-state index in [0.29, 0.717) is 23.2 Å². The average molecular weight is 396 g/mol. The summed E-state index contributed by atoms with van der Waals surface area (Å²) in [5.74, 6) is 2.09. The van der Waals surface area contributed by atoms with Crippen LogP contribution in [0.3, 0.4) is 0 Å². The van der Waals surface area contributed by atoms with E-state index in [9.17, 15) is 4.79 Å². The van der Waals surface area contributed by atoms with E-state index in [0.717, 1.165) is 27.4 Å². The van der Waals surface area contributed by atoms with Crippen molar-refractivity contribution in [1.82, 2.24) is 4.98 Å². The van der Waals surface area contributed by atoms with Gasteiger partial charge in [-0.05, 0) is 55.8 Å². The van der Waals surface area contributed by atoms with E-state index in [1.165, 1.54) is 11.3 Å². The van der Waals surface area contributed by atoms with Gasteiger partial charge in [0.25, 0.3) is 0 Å². The van der Waals surface area contributed by atoms with E-state index in [2.05, 4.69) is 10.3 Å². The second kappa shape index (κ2) is 7.90. The van der Waals surface area contributed by atoms with Crippen molar-refractivity contribution in [2.75, 3.05) is 18.7 Å². The number of carbonyl (C=O) groups excluding carboxylic acids is 1. The molecular weight excluding hydrogens is 376 g/mol. The predicted molar refractivity (Wildman–Crippen MR) is 108 cm³/mol. The molecule has 0 bridgehead atoms. The molecule has 28 heavy (non-hydrogen) atoms. The topological polar surface area (TPSA) is 69.7 Å². The summed E-state index contributed by atoms with van der Waals surface area (Å²) in [7, 11) is 0. The van der Waals surface area contributed by atoms with Crippen molar-refractivity contribution in [3.63, 3.8) is 0 Å². The predicted octanol–water partition coefficient (Wildman–Crippen LogP) is 4.43. The number of hydrogen-bond donors (Lipinski definition) is 1. The number of amides is 1. The summed E-state index contributed by atoms with van der Waals surface area (Å²) in [6.07, 6.45) is 0.244. The first-order chi connectivity index (χ1) is 13.6. The highest BCUT2D eigenvalue weighted by molar-refractivity contribution is 7.16. The quantitative estimate of drug-likeness (QED) is 0.668. The van der Waals surface area contributed by atoms with Crippen LogP contribution in [-0.2, 0) is 11.2 Å². The number of hydrogen-bond acceptors (Lipinski definition) is 6. The molecule has 144 valence electrons. The van der Waals surface area contributed by atoms with Crippen molar-refractivity contribution in [2.45, 2.75) is 20.3 Å². The van der Waals surface area contributed by atoms with Crippen molar-refractivity contribution in [1.29, 1.82) is 0 Å². The van der Waals surface area contributed by atoms with Crippen LogP contribution in [-0.4, -0.2) is 24.3 Å². The smallest absolute Gasteiger partial charge is 0.231 e. The minimum atomic E-state index is -0.120. The van der Waals surface area contributed by atoms with Crippen LogP contribution in [0.25, 0.3) is 11.3 Å². The van der Waals surface area contributed by atoms with Crippen LogP contribution >= 0.6 is 11.3 Å². The summed E-state index contributed by atoms with van der Waals surface area (Å²) in [5, 5.41) is 3.48. The molecule has 0 radical (unpaired) electrons. The number of fused-ring (bicyclic) bond motifs is 1. The maximum Gasteiger partial charge on any atom is 0.231 e. The standard InChI is InChI=1S/C21H20N2O4S/c1-3-25-16-7-5-15(6-8-16)20-13(2)28-21(23-20)22-19(24)11-14-4-9-17-18(10-14)27-12-26-17/h4-10H,3,11-12H2,1-2H3,(H,22,23,24). The fourth-order valence-electron chi connectivity index (χ4n) is 2.99. The number of nitrogens with zero attached hydrogens (tertiary/aromatic N) is 1. The summed E-state index contributed by atoms with van der Waals surface area (Å²) in [4.78, 5) is 18.1. The third kappa shape index (κ3) is 3.94. The van der Waals surface area contributed by atoms with Crippen molar-refractivity contribution < 1.29 is 19.0 Å². The molecule has 0 saturated heterocycles. The molecule has 4 rings (SSSR count). The lowest BCUT2D eigenvalue weighted by Crippen LogP contribution is -2.14. The minimum Gasteiger partial charge on any atom is -0.494 e. The second-order valence-corrected chi connectivity index (χ2v) is 7.50. The second-order valence-electron chi connectivity index (χ2n) is 6.29. The van der Waals surface area contributed by atoms with Gasteiger partial charge in [0.15, 0.2) is 16.6 Å². The Balaban J connectivity index is 1.44. The maximum absolute atomic E-state index is 12.4. The van der Waals surface area contributed by atoms with Gasteiger partial charge in [0.2, 0.25) is 12.7 Å². The number of anilines is 1. The van der Waals surface area contributed by atoms with E-state index in [1.54, 1.807) is 0 Å². The fourth-order valence-corrected chi connectivity index (χ4v) is 3.85. The van der Waals surface area contributed by atoms with E-state index in [1.807, 2.05) is 56.3 Å². The Hall–Kier alpha value is -3.06. The summed E-state index contributed by atoms with van der Waals surface area (Å²) in [6, 6.07) is 13.3. The Kier molecular flexibility index (Phi) is 5.16. The van der Waals surface area contributed by atoms with Gasteiger partial charge in [0, 0.05) is 10.4 Å². The van der Waals surface area contributed by atoms with Crippen molar-refractivity contribution in [3.8, 4) is 28.5 Å². The van der Waals surface area contributed by atoms with Crippen molar-refractivity contribution >= 4 is 22.4 Å². The summed E-state index contributed by atoms with van der Waals surface area (Å²) in [5.41, 5.74) is 2.72. The van der Waals surface area contributed by atoms with Crippen molar-refractivity contribution in [2.24, 2.45) is 0 Å². The molecule has 2 heterocycles. The number of nitrogens with one attached hydrogen (secondary N) is 1. The molecule has 1 N–H and O–H groups in total. The van der Waals surface area contributed by atoms with Gasteiger partial charge in [-0.3, -0.25) is 4.79 Å². The zero-order valence-electron chi connectivity index (χ0n) is 15.7. The molecule has 7 heteroatoms. The molecule has 1 amide bonds. The molecule has 0 atom stereocenters. The molecule has 0 fully saturated rings. The molecular formula is C21H20N2O4S. The zero-order chi connectivity index (χ0) is 19.5. The van der Waals surface area contributed by atoms with Crippen molar-refractivity contribution in [3.05, 3.63) is 52.9 Å². The van der Waals surface area contributed by atoms with Crippen LogP contribution < -0.4 is 19.5 Å². The Morgan fingerprint density at radius 1 is 1.18 bits per heavy atom. The molecule has 0 aliphatic carbocycles. The van der Waals surface area contributed by atoms with Gasteiger partial charge >= 0.3 is 0 Å². The minimum absolute atomic E-state index is 0.120. The summed E-state index contributed by atoms with van der Waals surface area (Å²) < 4.78 is 16.1. The highest BCUT2D eigenvalue weighted by atomic mass is 32.1. The molecule has 2 aromatic carbocycles. The number of aromatic nitrogens is 1. The van der Waals surface area contributed by atoms with E-state index < -0.39 is 0 Å². The Bertz CT molecular complexity index is 998. The van der Waals surface area contributed by atoms with Gasteiger partial charge in [-0.1, -0.05) is 6.07 Å². The van der Waals surface area contributed by atoms with Gasteiger partial charge in [-0.25, -0.2) is 4.98 Å². The first-order valence-electron chi connectivity index (χ1n) is 9.01. The normalized spacial score (nSPS) is 12.1. The van der Waals surface area contributed by atoms with Crippen LogP contribution in [0, 0.1) is 6.92 Å². The highest BCUT2D eigenvalue weighted by Crippen LogP contribution is 2.33. The largest absolute Gasteiger partial charge is 0.494 e. The maximum atomic E-state index is 12.4. The third-order valence-corrected chi connectivity index (χ3v) is 5.17. The van der Waals surface area contributed by atoms with Gasteiger partial charge in [0.1, 0.15) is 5.75 Å². The third-order valence-electron chi connectivity index (χ3n) is 4.28. The average Bonchev–Trinajstić information content (AvgIpc) is 3.28. The first-order valence-corrected chi connectivity index (χ1v) is 9.83. The molecule has 0 spiro atoms. The molecule has 3 aromatic rings. The lowest BCUT2D eigenvalue weighted by Gasteiger charge is -2.04. The van der Waals surface area contributed by atoms with Gasteiger partial charge in [-0.2, -0.15) is 0 Å². The SMILES string of the molecule is CCOc1ccc(-c2nc(NC(=O)Cc3ccc4c(c3)OCO4)sc2C)cc1. The monoisotopic (exact) mass is 396 g/mol. The number of rotatable bonds is 6. The number of carbonyl (C=O) groups is 1. The molecule has 1 aliphatic heterocycles. The number of benzene rings is 2. The van der Waals surface area contributed by atoms with E-state index in [-0.39, 0.29) is 19.1 Å². The van der Waals surface area contributed by atoms with Gasteiger partial charge in [0.05, 0.1) is 18.7 Å². The number of aryl methyl sites for hydroxylation is 1. The Morgan fingerprint density at radius 3 is 2.75 bits per heavy atom. The highest BCUT2D eigenvalue weighted by Gasteiger charge is 2.16. The van der Waals surface area contributed by atoms with Gasteiger partial charge < -0.3 is 19.5 Å². The molecule has 1 aliphatic rings. The lowest BCUT2D eigenvalue weighted by atomic mass is 10.1. The van der Waals surface area contributed by atoms with Crippen LogP contribution in [0.5, 0.6) is 17.2 Å². The Labute approximate surface area is 167 Å². The zero-order valence-corrected chi connectivity index (χ0v) is 16.5. The summed E-state index contributed by atoms with van der Waals surface area (Å²) in [6.45, 7) is 4.81. The van der Waals surface area contributed by atoms with Crippen LogP contribution in [0.2, 0.25) is 0 Å². The lowest BCUT2D eigenvalue weighted by molar-refractivity contribution is -0.115. The van der Waals surface area contributed by atoms with E-state index in [4.69, 9.17) is 14.2 Å². The molecule has 0 unspecified atom stereocenters. The summed E-state index contributed by atoms with van der Waals surface area (Å²) >= 11 is 1.46. The first kappa shape index (κ1) is 18.3. The molecule has 1 aromatic heterocycles. The van der Waals surface area contributed by atoms with Gasteiger partial charge in [-0.15, -0.1) is 11.3 Å². The van der Waals surface area contributed by atoms with Crippen LogP contribution in [0.15, 0.2) is 42.5 Å². The number of thiazole rings is 1. The Morgan fingerprint density at radius 2 is 1.96 bits per heavy atom. The van der Waals surface area contributed by atoms with E-state index >= 15 is 0 Å². The molecule has 6 nitrogen and oxygen atoms in total. The molecule has 0 saturated carbocycles. The van der Waals surface area contributed by atoms with Crippen LogP contribution in [0.4, 0.5) is 5.13 Å².